The Kier molecular flexibility index (Phi) is 5.72. The molecule has 0 bridgehead atoms. The minimum Gasteiger partial charge on any atom is -0.444 e. The van der Waals surface area contributed by atoms with Gasteiger partial charge in [0, 0.05) is 24.4 Å². The number of aromatic nitrogens is 2. The number of nitrogens with zero attached hydrogens (tertiary/aromatic N) is 2. The molecule has 0 aliphatic heterocycles. The normalized spacial score (nSPS) is 12.1. The number of ether oxygens (including phenoxy) is 1. The van der Waals surface area contributed by atoms with Gasteiger partial charge in [-0.25, -0.2) is 31.9 Å². The number of rotatable bonds is 4. The summed E-state index contributed by atoms with van der Waals surface area (Å²) in [5, 5.41) is 0. The van der Waals surface area contributed by atoms with Crippen LogP contribution in [0, 0.1) is 37.1 Å². The van der Waals surface area contributed by atoms with Gasteiger partial charge >= 0.3 is 6.09 Å². The first kappa shape index (κ1) is 20.6. The van der Waals surface area contributed by atoms with Crippen LogP contribution in [0.25, 0.3) is 0 Å². The number of benzene rings is 2. The molecule has 29 heavy (non-hydrogen) atoms. The highest BCUT2D eigenvalue weighted by Crippen LogP contribution is 2.27. The Labute approximate surface area is 164 Å². The van der Waals surface area contributed by atoms with E-state index in [-0.39, 0.29) is 12.0 Å². The van der Waals surface area contributed by atoms with E-state index in [1.54, 1.807) is 0 Å². The van der Waals surface area contributed by atoms with Crippen LogP contribution in [0.3, 0.4) is 0 Å². The molecule has 0 spiro atoms. The Hall–Kier alpha value is -3.16. The molecule has 4 nitrogen and oxygen atoms in total. The minimum atomic E-state index is -1.61. The van der Waals surface area contributed by atoms with Gasteiger partial charge in [0.1, 0.15) is 12.4 Å². The van der Waals surface area contributed by atoms with Crippen molar-refractivity contribution < 1.29 is 27.1 Å². The Balaban J connectivity index is 1.84. The fraction of sp³-hybridized carbons (Fsp3) is 0.238. The van der Waals surface area contributed by atoms with Crippen LogP contribution in [0.4, 0.5) is 22.4 Å². The average Bonchev–Trinajstić information content (AvgIpc) is 3.18. The van der Waals surface area contributed by atoms with Crippen molar-refractivity contribution in [2.24, 2.45) is 0 Å². The predicted octanol–water partition coefficient (Wildman–Crippen LogP) is 5.39. The van der Waals surface area contributed by atoms with Crippen LogP contribution in [0.1, 0.15) is 40.9 Å². The average molecular weight is 406 g/mol. The Morgan fingerprint density at radius 3 is 2.45 bits per heavy atom. The van der Waals surface area contributed by atoms with Crippen LogP contribution in [-0.4, -0.2) is 15.6 Å². The van der Waals surface area contributed by atoms with Crippen molar-refractivity contribution >= 4 is 6.09 Å². The molecule has 0 unspecified atom stereocenters. The number of halogens is 4. The zero-order valence-electron chi connectivity index (χ0n) is 16.0. The maximum atomic E-state index is 13.8. The molecule has 0 N–H and O–H groups in total. The van der Waals surface area contributed by atoms with Gasteiger partial charge in [-0.2, -0.15) is 0 Å². The maximum absolute atomic E-state index is 13.8. The van der Waals surface area contributed by atoms with Gasteiger partial charge in [0.15, 0.2) is 23.3 Å². The lowest BCUT2D eigenvalue weighted by Gasteiger charge is -2.17. The number of aryl methyl sites for hydroxylation is 1. The van der Waals surface area contributed by atoms with Crippen molar-refractivity contribution in [3.63, 3.8) is 0 Å². The van der Waals surface area contributed by atoms with Crippen molar-refractivity contribution in [3.05, 3.63) is 88.0 Å². The van der Waals surface area contributed by atoms with Crippen LogP contribution in [0.2, 0.25) is 0 Å². The van der Waals surface area contributed by atoms with E-state index in [9.17, 15) is 22.4 Å². The van der Waals surface area contributed by atoms with E-state index >= 15 is 0 Å². The number of carbonyl (C=O) groups is 1. The van der Waals surface area contributed by atoms with Crippen LogP contribution < -0.4 is 0 Å². The fourth-order valence-electron chi connectivity index (χ4n) is 3.12. The lowest BCUT2D eigenvalue weighted by molar-refractivity contribution is 0.136. The van der Waals surface area contributed by atoms with E-state index in [4.69, 9.17) is 4.74 Å². The zero-order chi connectivity index (χ0) is 21.3. The SMILES string of the molecule is Cc1cccc([C@H](C)c2nccn2C(=O)OCc2c(F)c(F)cc(F)c2F)c1C. The summed E-state index contributed by atoms with van der Waals surface area (Å²) in [6, 6.07) is 5.87. The lowest BCUT2D eigenvalue weighted by atomic mass is 9.93. The van der Waals surface area contributed by atoms with E-state index in [1.807, 2.05) is 39.0 Å². The number of hydrogen-bond acceptors (Lipinski definition) is 3. The third-order valence-electron chi connectivity index (χ3n) is 4.91. The molecule has 1 heterocycles. The highest BCUT2D eigenvalue weighted by molar-refractivity contribution is 5.71. The lowest BCUT2D eigenvalue weighted by Crippen LogP contribution is -2.19. The third-order valence-corrected chi connectivity index (χ3v) is 4.91. The molecule has 8 heteroatoms. The summed E-state index contributed by atoms with van der Waals surface area (Å²) in [5.74, 6) is -6.27. The highest BCUT2D eigenvalue weighted by atomic mass is 19.2. The second-order valence-corrected chi connectivity index (χ2v) is 6.67. The van der Waals surface area contributed by atoms with Crippen LogP contribution >= 0.6 is 0 Å². The van der Waals surface area contributed by atoms with Crippen molar-refractivity contribution in [2.75, 3.05) is 0 Å². The summed E-state index contributed by atoms with van der Waals surface area (Å²) >= 11 is 0. The van der Waals surface area contributed by atoms with Gasteiger partial charge in [-0.15, -0.1) is 0 Å². The summed E-state index contributed by atoms with van der Waals surface area (Å²) < 4.78 is 60.1. The standard InChI is InChI=1S/C21H18F4N2O2/c1-11-5-4-6-14(12(11)2)13(3)20-26-7-8-27(20)21(28)29-10-15-18(24)16(22)9-17(23)19(15)25/h4-9,13H,10H2,1-3H3/t13-/m0/s1. The van der Waals surface area contributed by atoms with Gasteiger partial charge in [-0.05, 0) is 30.5 Å². The molecule has 152 valence electrons. The summed E-state index contributed by atoms with van der Waals surface area (Å²) in [5.41, 5.74) is 2.08. The molecule has 0 aliphatic carbocycles. The zero-order valence-corrected chi connectivity index (χ0v) is 16.0. The fourth-order valence-corrected chi connectivity index (χ4v) is 3.12. The number of carbonyl (C=O) groups excluding carboxylic acids is 1. The van der Waals surface area contributed by atoms with Gasteiger partial charge < -0.3 is 4.74 Å². The van der Waals surface area contributed by atoms with Crippen molar-refractivity contribution in [2.45, 2.75) is 33.3 Å². The van der Waals surface area contributed by atoms with Crippen LogP contribution in [-0.2, 0) is 11.3 Å². The van der Waals surface area contributed by atoms with Gasteiger partial charge in [0.25, 0.3) is 0 Å². The molecule has 3 aromatic rings. The second kappa shape index (κ2) is 8.06. The molecule has 0 saturated heterocycles. The Bertz CT molecular complexity index is 1050. The Morgan fingerprint density at radius 2 is 1.79 bits per heavy atom. The van der Waals surface area contributed by atoms with Crippen molar-refractivity contribution in [1.82, 2.24) is 9.55 Å². The molecule has 0 fully saturated rings. The minimum absolute atomic E-state index is 0.0931. The largest absolute Gasteiger partial charge is 0.444 e. The smallest absolute Gasteiger partial charge is 0.419 e. The first-order valence-electron chi connectivity index (χ1n) is 8.80. The summed E-state index contributed by atoms with van der Waals surface area (Å²) in [4.78, 5) is 16.6. The maximum Gasteiger partial charge on any atom is 0.419 e. The third kappa shape index (κ3) is 3.87. The van der Waals surface area contributed by atoms with E-state index in [1.165, 1.54) is 12.4 Å². The summed E-state index contributed by atoms with van der Waals surface area (Å²) in [7, 11) is 0. The van der Waals surface area contributed by atoms with Gasteiger partial charge in [-0.3, -0.25) is 0 Å². The summed E-state index contributed by atoms with van der Waals surface area (Å²) in [6.07, 6.45) is 1.76. The first-order valence-corrected chi connectivity index (χ1v) is 8.80. The van der Waals surface area contributed by atoms with E-state index in [0.29, 0.717) is 5.82 Å². The molecule has 1 atom stereocenters. The van der Waals surface area contributed by atoms with Gasteiger partial charge in [-0.1, -0.05) is 25.1 Å². The second-order valence-electron chi connectivity index (χ2n) is 6.67. The van der Waals surface area contributed by atoms with E-state index < -0.39 is 41.5 Å². The molecular weight excluding hydrogens is 388 g/mol. The van der Waals surface area contributed by atoms with Crippen LogP contribution in [0.5, 0.6) is 0 Å². The molecule has 2 aromatic carbocycles. The van der Waals surface area contributed by atoms with Crippen molar-refractivity contribution in [1.29, 1.82) is 0 Å². The van der Waals surface area contributed by atoms with Crippen molar-refractivity contribution in [3.8, 4) is 0 Å². The molecule has 0 aliphatic rings. The highest BCUT2D eigenvalue weighted by Gasteiger charge is 2.23. The molecular formula is C21H18F4N2O2. The molecule has 1 aromatic heterocycles. The molecule has 0 amide bonds. The van der Waals surface area contributed by atoms with Gasteiger partial charge in [0.05, 0.1) is 5.56 Å². The number of hydrogen-bond donors (Lipinski definition) is 0. The molecule has 3 rings (SSSR count). The topological polar surface area (TPSA) is 44.1 Å². The monoisotopic (exact) mass is 406 g/mol. The summed E-state index contributed by atoms with van der Waals surface area (Å²) in [6.45, 7) is 4.81. The van der Waals surface area contributed by atoms with E-state index in [2.05, 4.69) is 4.98 Å². The Morgan fingerprint density at radius 1 is 1.14 bits per heavy atom. The predicted molar refractivity (Wildman–Crippen MR) is 97.5 cm³/mol. The molecule has 0 radical (unpaired) electrons. The quantitative estimate of drug-likeness (QED) is 0.431. The number of imidazole rings is 1. The van der Waals surface area contributed by atoms with Crippen LogP contribution in [0.15, 0.2) is 36.7 Å². The first-order chi connectivity index (χ1) is 13.7. The van der Waals surface area contributed by atoms with Gasteiger partial charge in [0.2, 0.25) is 0 Å². The molecule has 0 saturated carbocycles. The van der Waals surface area contributed by atoms with E-state index in [0.717, 1.165) is 21.3 Å².